The summed E-state index contributed by atoms with van der Waals surface area (Å²) in [7, 11) is 0. The van der Waals surface area contributed by atoms with E-state index < -0.39 is 17.7 Å². The van der Waals surface area contributed by atoms with Crippen LogP contribution >= 0.6 is 0 Å². The first-order valence-electron chi connectivity index (χ1n) is 10.2. The number of hydrogen-bond donors (Lipinski definition) is 4. The van der Waals surface area contributed by atoms with Gasteiger partial charge in [-0.05, 0) is 41.7 Å². The molecule has 0 unspecified atom stereocenters. The Balaban J connectivity index is 1.78. The molecule has 0 heterocycles. The molecule has 0 bridgehead atoms. The SMILES string of the molecule is NC[C@@H](O)[C@](Cc1ccccc1)(Cc1ccc(OCc2ccccc2)cc1)NC(=O)O. The fourth-order valence-corrected chi connectivity index (χ4v) is 3.68. The highest BCUT2D eigenvalue weighted by atomic mass is 16.5. The number of carboxylic acid groups (broad SMARTS) is 1. The van der Waals surface area contributed by atoms with Gasteiger partial charge in [0.05, 0.1) is 11.6 Å². The Morgan fingerprint density at radius 3 is 1.90 bits per heavy atom. The number of hydrogen-bond acceptors (Lipinski definition) is 4. The van der Waals surface area contributed by atoms with Crippen molar-refractivity contribution in [1.29, 1.82) is 0 Å². The smallest absolute Gasteiger partial charge is 0.405 e. The van der Waals surface area contributed by atoms with Crippen molar-refractivity contribution < 1.29 is 19.7 Å². The van der Waals surface area contributed by atoms with Gasteiger partial charge in [-0.1, -0.05) is 72.8 Å². The van der Waals surface area contributed by atoms with E-state index in [-0.39, 0.29) is 13.0 Å². The van der Waals surface area contributed by atoms with Crippen LogP contribution in [0.15, 0.2) is 84.9 Å². The molecule has 0 saturated carbocycles. The number of rotatable bonds is 10. The Kier molecular flexibility index (Phi) is 7.65. The fraction of sp³-hybridized carbons (Fsp3) is 0.240. The van der Waals surface area contributed by atoms with Gasteiger partial charge in [-0.2, -0.15) is 0 Å². The number of amides is 1. The predicted molar refractivity (Wildman–Crippen MR) is 120 cm³/mol. The molecule has 0 aliphatic heterocycles. The van der Waals surface area contributed by atoms with E-state index in [1.165, 1.54) is 0 Å². The summed E-state index contributed by atoms with van der Waals surface area (Å²) in [4.78, 5) is 11.6. The maximum Gasteiger partial charge on any atom is 0.405 e. The van der Waals surface area contributed by atoms with E-state index in [1.54, 1.807) is 0 Å². The van der Waals surface area contributed by atoms with Gasteiger partial charge in [0.2, 0.25) is 0 Å². The maximum atomic E-state index is 11.6. The van der Waals surface area contributed by atoms with Crippen LogP contribution in [0.3, 0.4) is 0 Å². The van der Waals surface area contributed by atoms with Crippen LogP contribution in [0.2, 0.25) is 0 Å². The monoisotopic (exact) mass is 420 g/mol. The molecule has 6 nitrogen and oxygen atoms in total. The molecule has 0 saturated heterocycles. The Labute approximate surface area is 182 Å². The van der Waals surface area contributed by atoms with Gasteiger partial charge in [0.15, 0.2) is 0 Å². The van der Waals surface area contributed by atoms with E-state index in [2.05, 4.69) is 5.32 Å². The van der Waals surface area contributed by atoms with Gasteiger partial charge in [-0.15, -0.1) is 0 Å². The van der Waals surface area contributed by atoms with Crippen LogP contribution in [0, 0.1) is 0 Å². The number of aliphatic hydroxyl groups excluding tert-OH is 1. The Morgan fingerprint density at radius 1 is 0.871 bits per heavy atom. The fourth-order valence-electron chi connectivity index (χ4n) is 3.68. The molecule has 162 valence electrons. The Morgan fingerprint density at radius 2 is 1.39 bits per heavy atom. The lowest BCUT2D eigenvalue weighted by Gasteiger charge is -2.38. The molecule has 0 radical (unpaired) electrons. The van der Waals surface area contributed by atoms with Crippen molar-refractivity contribution in [3.8, 4) is 5.75 Å². The summed E-state index contributed by atoms with van der Waals surface area (Å²) in [5.74, 6) is 0.715. The molecule has 0 aliphatic rings. The van der Waals surface area contributed by atoms with Gasteiger partial charge in [0.25, 0.3) is 0 Å². The standard InChI is InChI=1S/C25H28N2O4/c26-17-23(28)25(27-24(29)30,15-19-7-3-1-4-8-19)16-20-11-13-22(14-12-20)31-18-21-9-5-2-6-10-21/h1-14,23,27-28H,15-18,26H2,(H,29,30)/t23-,25+/m1/s1. The van der Waals surface area contributed by atoms with Crippen molar-refractivity contribution in [3.05, 3.63) is 102 Å². The van der Waals surface area contributed by atoms with Crippen molar-refractivity contribution in [2.75, 3.05) is 6.54 Å². The number of ether oxygens (including phenoxy) is 1. The van der Waals surface area contributed by atoms with Crippen molar-refractivity contribution >= 4 is 6.09 Å². The van der Waals surface area contributed by atoms with Gasteiger partial charge in [-0.3, -0.25) is 0 Å². The first-order valence-corrected chi connectivity index (χ1v) is 10.2. The largest absolute Gasteiger partial charge is 0.489 e. The third-order valence-corrected chi connectivity index (χ3v) is 5.27. The average Bonchev–Trinajstić information content (AvgIpc) is 2.79. The predicted octanol–water partition coefficient (Wildman–Crippen LogP) is 3.38. The molecule has 2 atom stereocenters. The normalized spacial score (nSPS) is 13.7. The van der Waals surface area contributed by atoms with E-state index >= 15 is 0 Å². The van der Waals surface area contributed by atoms with Gasteiger partial charge >= 0.3 is 6.09 Å². The van der Waals surface area contributed by atoms with E-state index in [0.29, 0.717) is 18.8 Å². The molecule has 0 spiro atoms. The minimum atomic E-state index is -1.20. The lowest BCUT2D eigenvalue weighted by Crippen LogP contribution is -2.61. The molecule has 5 N–H and O–H groups in total. The lowest BCUT2D eigenvalue weighted by molar-refractivity contribution is 0.0633. The van der Waals surface area contributed by atoms with Crippen LogP contribution in [0.4, 0.5) is 4.79 Å². The summed E-state index contributed by atoms with van der Waals surface area (Å²) in [6.07, 6.45) is -1.67. The zero-order chi connectivity index (χ0) is 22.1. The topological polar surface area (TPSA) is 105 Å². The second kappa shape index (κ2) is 10.6. The van der Waals surface area contributed by atoms with Gasteiger partial charge in [0, 0.05) is 6.54 Å². The third kappa shape index (κ3) is 6.31. The Bertz CT molecular complexity index is 948. The quantitative estimate of drug-likeness (QED) is 0.402. The van der Waals surface area contributed by atoms with Crippen LogP contribution in [-0.4, -0.2) is 34.5 Å². The van der Waals surface area contributed by atoms with E-state index in [9.17, 15) is 15.0 Å². The maximum absolute atomic E-state index is 11.6. The number of benzene rings is 3. The molecule has 0 fully saturated rings. The van der Waals surface area contributed by atoms with Crippen molar-refractivity contribution in [3.63, 3.8) is 0 Å². The van der Waals surface area contributed by atoms with Crippen molar-refractivity contribution in [2.45, 2.75) is 31.1 Å². The zero-order valence-electron chi connectivity index (χ0n) is 17.3. The molecule has 3 rings (SSSR count). The number of nitrogens with two attached hydrogens (primary N) is 1. The van der Waals surface area contributed by atoms with Gasteiger partial charge in [0.1, 0.15) is 12.4 Å². The summed E-state index contributed by atoms with van der Waals surface area (Å²) in [6.45, 7) is 0.399. The number of nitrogens with one attached hydrogen (secondary N) is 1. The van der Waals surface area contributed by atoms with Crippen LogP contribution in [0.25, 0.3) is 0 Å². The highest BCUT2D eigenvalue weighted by Crippen LogP contribution is 2.25. The molecule has 1 amide bonds. The van der Waals surface area contributed by atoms with E-state index in [4.69, 9.17) is 10.5 Å². The highest BCUT2D eigenvalue weighted by Gasteiger charge is 2.39. The average molecular weight is 421 g/mol. The second-order valence-electron chi connectivity index (χ2n) is 7.60. The first-order chi connectivity index (χ1) is 15.0. The molecular weight excluding hydrogens is 392 g/mol. The molecule has 31 heavy (non-hydrogen) atoms. The van der Waals surface area contributed by atoms with Crippen LogP contribution in [0.5, 0.6) is 5.75 Å². The lowest BCUT2D eigenvalue weighted by atomic mass is 9.80. The summed E-state index contributed by atoms with van der Waals surface area (Å²) < 4.78 is 5.83. The van der Waals surface area contributed by atoms with E-state index in [1.807, 2.05) is 84.9 Å². The summed E-state index contributed by atoms with van der Waals surface area (Å²) in [6, 6.07) is 26.8. The Hall–Kier alpha value is -3.35. The van der Waals surface area contributed by atoms with E-state index in [0.717, 1.165) is 16.7 Å². The molecule has 3 aromatic carbocycles. The minimum Gasteiger partial charge on any atom is -0.489 e. The van der Waals surface area contributed by atoms with Crippen LogP contribution < -0.4 is 15.8 Å². The zero-order valence-corrected chi connectivity index (χ0v) is 17.3. The molecular formula is C25H28N2O4. The van der Waals surface area contributed by atoms with Crippen molar-refractivity contribution in [2.24, 2.45) is 5.73 Å². The number of aliphatic hydroxyl groups is 1. The molecule has 0 aliphatic carbocycles. The summed E-state index contributed by atoms with van der Waals surface area (Å²) >= 11 is 0. The minimum absolute atomic E-state index is 0.0641. The second-order valence-corrected chi connectivity index (χ2v) is 7.60. The number of carbonyl (C=O) groups is 1. The van der Waals surface area contributed by atoms with Gasteiger partial charge < -0.3 is 26.0 Å². The van der Waals surface area contributed by atoms with Crippen LogP contribution in [0.1, 0.15) is 16.7 Å². The van der Waals surface area contributed by atoms with Crippen molar-refractivity contribution in [1.82, 2.24) is 5.32 Å². The molecule has 6 heteroatoms. The van der Waals surface area contributed by atoms with Crippen LogP contribution in [-0.2, 0) is 19.4 Å². The van der Waals surface area contributed by atoms with Gasteiger partial charge in [-0.25, -0.2) is 4.79 Å². The summed E-state index contributed by atoms with van der Waals surface area (Å²) in [5, 5.41) is 22.8. The summed E-state index contributed by atoms with van der Waals surface area (Å²) in [5.41, 5.74) is 7.45. The highest BCUT2D eigenvalue weighted by molar-refractivity contribution is 5.66. The third-order valence-electron chi connectivity index (χ3n) is 5.27. The first kappa shape index (κ1) is 22.3. The molecule has 0 aromatic heterocycles. The molecule has 3 aromatic rings.